The minimum atomic E-state index is -0.384. The summed E-state index contributed by atoms with van der Waals surface area (Å²) in [5.41, 5.74) is 1.85. The molecule has 122 valence electrons. The summed E-state index contributed by atoms with van der Waals surface area (Å²) < 4.78 is 5.11. The first-order valence-corrected chi connectivity index (χ1v) is 7.63. The molecule has 6 heteroatoms. The maximum atomic E-state index is 12.4. The van der Waals surface area contributed by atoms with Crippen molar-refractivity contribution in [2.24, 2.45) is 0 Å². The number of amides is 2. The zero-order chi connectivity index (χ0) is 17.3. The maximum absolute atomic E-state index is 12.4. The van der Waals surface area contributed by atoms with Gasteiger partial charge in [0.05, 0.1) is 17.7 Å². The van der Waals surface area contributed by atoms with Crippen molar-refractivity contribution in [2.75, 3.05) is 19.5 Å². The van der Waals surface area contributed by atoms with Crippen LogP contribution in [-0.2, 0) is 9.59 Å². The zero-order valence-corrected chi connectivity index (χ0v) is 13.9. The van der Waals surface area contributed by atoms with Crippen LogP contribution in [0.15, 0.2) is 54.2 Å². The Balaban J connectivity index is 2.05. The first kappa shape index (κ1) is 16.1. The predicted octanol–water partition coefficient (Wildman–Crippen LogP) is 3.17. The number of halogens is 1. The fourth-order valence-corrected chi connectivity index (χ4v) is 2.78. The van der Waals surface area contributed by atoms with Crippen molar-refractivity contribution in [3.63, 3.8) is 0 Å². The van der Waals surface area contributed by atoms with Crippen molar-refractivity contribution in [1.82, 2.24) is 4.90 Å². The van der Waals surface area contributed by atoms with E-state index in [1.54, 1.807) is 30.3 Å². The van der Waals surface area contributed by atoms with E-state index < -0.39 is 0 Å². The number of hydrogen-bond acceptors (Lipinski definition) is 4. The van der Waals surface area contributed by atoms with Crippen molar-refractivity contribution in [1.29, 1.82) is 0 Å². The number of carbonyl (C=O) groups is 2. The van der Waals surface area contributed by atoms with Crippen LogP contribution in [0.3, 0.4) is 0 Å². The number of methoxy groups -OCH3 is 1. The molecule has 0 saturated carbocycles. The van der Waals surface area contributed by atoms with Gasteiger partial charge in [0.15, 0.2) is 0 Å². The van der Waals surface area contributed by atoms with Gasteiger partial charge in [-0.25, -0.2) is 0 Å². The van der Waals surface area contributed by atoms with Crippen molar-refractivity contribution >= 4 is 34.7 Å². The third kappa shape index (κ3) is 2.74. The number of ether oxygens (including phenoxy) is 1. The van der Waals surface area contributed by atoms with E-state index in [1.165, 1.54) is 14.2 Å². The van der Waals surface area contributed by atoms with Gasteiger partial charge in [-0.05, 0) is 23.8 Å². The van der Waals surface area contributed by atoms with Crippen LogP contribution >= 0.6 is 11.6 Å². The van der Waals surface area contributed by atoms with Crippen LogP contribution in [0, 0.1) is 0 Å². The molecule has 0 atom stereocenters. The molecule has 2 aromatic rings. The number of likely N-dealkylation sites (N-methyl/N-ethyl adjacent to an activating group) is 1. The monoisotopic (exact) mass is 342 g/mol. The Labute approximate surface area is 144 Å². The molecule has 3 rings (SSSR count). The Kier molecular flexibility index (Phi) is 4.27. The molecule has 0 unspecified atom stereocenters. The average Bonchev–Trinajstić information content (AvgIpc) is 2.80. The van der Waals surface area contributed by atoms with E-state index in [4.69, 9.17) is 16.3 Å². The number of benzene rings is 2. The first-order valence-electron chi connectivity index (χ1n) is 7.25. The van der Waals surface area contributed by atoms with Crippen LogP contribution in [0.1, 0.15) is 5.56 Å². The van der Waals surface area contributed by atoms with Gasteiger partial charge in [0.25, 0.3) is 11.8 Å². The lowest BCUT2D eigenvalue weighted by Crippen LogP contribution is -2.27. The van der Waals surface area contributed by atoms with E-state index in [0.29, 0.717) is 27.6 Å². The highest BCUT2D eigenvalue weighted by atomic mass is 35.5. The zero-order valence-electron chi connectivity index (χ0n) is 13.2. The second kappa shape index (κ2) is 6.37. The van der Waals surface area contributed by atoms with E-state index in [-0.39, 0.29) is 17.5 Å². The summed E-state index contributed by atoms with van der Waals surface area (Å²) in [5, 5.41) is 3.43. The van der Waals surface area contributed by atoms with Crippen molar-refractivity contribution in [3.05, 3.63) is 64.8 Å². The molecule has 0 saturated heterocycles. The Morgan fingerprint density at radius 1 is 1.04 bits per heavy atom. The van der Waals surface area contributed by atoms with Crippen molar-refractivity contribution in [3.8, 4) is 5.75 Å². The fourth-order valence-electron chi connectivity index (χ4n) is 2.52. The predicted molar refractivity (Wildman–Crippen MR) is 92.8 cm³/mol. The van der Waals surface area contributed by atoms with Crippen LogP contribution in [0.4, 0.5) is 5.69 Å². The summed E-state index contributed by atoms with van der Waals surface area (Å²) in [4.78, 5) is 26.0. The van der Waals surface area contributed by atoms with Crippen LogP contribution < -0.4 is 10.1 Å². The largest absolute Gasteiger partial charge is 0.495 e. The quantitative estimate of drug-likeness (QED) is 0.867. The molecule has 2 aromatic carbocycles. The van der Waals surface area contributed by atoms with E-state index in [2.05, 4.69) is 5.32 Å². The Morgan fingerprint density at radius 3 is 2.38 bits per heavy atom. The third-order valence-corrected chi connectivity index (χ3v) is 4.07. The molecule has 1 aliphatic rings. The molecule has 0 fully saturated rings. The molecule has 1 N–H and O–H groups in total. The second-order valence-electron chi connectivity index (χ2n) is 5.26. The molecule has 5 nitrogen and oxygen atoms in total. The molecular formula is C18H15ClN2O3. The van der Waals surface area contributed by atoms with Crippen LogP contribution in [0.25, 0.3) is 5.57 Å². The summed E-state index contributed by atoms with van der Waals surface area (Å²) in [6.45, 7) is 0. The fraction of sp³-hybridized carbons (Fsp3) is 0.111. The van der Waals surface area contributed by atoms with Crippen molar-refractivity contribution < 1.29 is 14.3 Å². The normalized spacial score (nSPS) is 14.4. The van der Waals surface area contributed by atoms with Gasteiger partial charge in [0, 0.05) is 12.7 Å². The van der Waals surface area contributed by atoms with Gasteiger partial charge in [0.1, 0.15) is 11.4 Å². The second-order valence-corrected chi connectivity index (χ2v) is 5.67. The standard InChI is InChI=1S/C18H15ClN2O3/c1-21-17(22)15(11-6-4-3-5-7-11)16(18(21)23)20-12-8-9-14(24-2)13(19)10-12/h3-10,20H,1-2H3. The van der Waals surface area contributed by atoms with Gasteiger partial charge < -0.3 is 10.1 Å². The molecule has 24 heavy (non-hydrogen) atoms. The van der Waals surface area contributed by atoms with Gasteiger partial charge in [-0.15, -0.1) is 0 Å². The number of carbonyl (C=O) groups excluding carboxylic acids is 2. The number of nitrogens with one attached hydrogen (secondary N) is 1. The number of rotatable bonds is 4. The molecule has 0 aromatic heterocycles. The summed E-state index contributed by atoms with van der Waals surface area (Å²) in [5.74, 6) is -0.190. The van der Waals surface area contributed by atoms with E-state index in [1.807, 2.05) is 18.2 Å². The summed E-state index contributed by atoms with van der Waals surface area (Å²) in [6.07, 6.45) is 0. The highest BCUT2D eigenvalue weighted by molar-refractivity contribution is 6.36. The topological polar surface area (TPSA) is 58.6 Å². The number of anilines is 1. The molecule has 0 radical (unpaired) electrons. The number of nitrogens with zero attached hydrogens (tertiary/aromatic N) is 1. The molecule has 0 spiro atoms. The van der Waals surface area contributed by atoms with Crippen LogP contribution in [0.5, 0.6) is 5.75 Å². The molecule has 2 amide bonds. The number of hydrogen-bond donors (Lipinski definition) is 1. The smallest absolute Gasteiger partial charge is 0.277 e. The minimum Gasteiger partial charge on any atom is -0.495 e. The first-order chi connectivity index (χ1) is 11.5. The lowest BCUT2D eigenvalue weighted by Gasteiger charge is -2.10. The van der Waals surface area contributed by atoms with Crippen LogP contribution in [0.2, 0.25) is 5.02 Å². The molecule has 0 aliphatic carbocycles. The van der Waals surface area contributed by atoms with Gasteiger partial charge >= 0.3 is 0 Å². The average molecular weight is 343 g/mol. The lowest BCUT2D eigenvalue weighted by atomic mass is 10.0. The SMILES string of the molecule is COc1ccc(NC2=C(c3ccccc3)C(=O)N(C)C2=O)cc1Cl. The van der Waals surface area contributed by atoms with Crippen molar-refractivity contribution in [2.45, 2.75) is 0 Å². The van der Waals surface area contributed by atoms with E-state index >= 15 is 0 Å². The van der Waals surface area contributed by atoms with Gasteiger partial charge in [-0.1, -0.05) is 41.9 Å². The maximum Gasteiger partial charge on any atom is 0.277 e. The Bertz CT molecular complexity index is 847. The highest BCUT2D eigenvalue weighted by Crippen LogP contribution is 2.32. The summed E-state index contributed by atoms with van der Waals surface area (Å²) in [6, 6.07) is 14.2. The Hall–Kier alpha value is -2.79. The van der Waals surface area contributed by atoms with Gasteiger partial charge in [-0.2, -0.15) is 0 Å². The van der Waals surface area contributed by atoms with E-state index in [9.17, 15) is 9.59 Å². The summed E-state index contributed by atoms with van der Waals surface area (Å²) in [7, 11) is 2.99. The third-order valence-electron chi connectivity index (χ3n) is 3.77. The Morgan fingerprint density at radius 2 is 1.75 bits per heavy atom. The number of imide groups is 1. The van der Waals surface area contributed by atoms with Crippen LogP contribution in [-0.4, -0.2) is 30.9 Å². The summed E-state index contributed by atoms with van der Waals surface area (Å²) >= 11 is 6.12. The van der Waals surface area contributed by atoms with Gasteiger partial charge in [-0.3, -0.25) is 14.5 Å². The minimum absolute atomic E-state index is 0.231. The molecule has 1 aliphatic heterocycles. The molecular weight excluding hydrogens is 328 g/mol. The molecule has 1 heterocycles. The highest BCUT2D eigenvalue weighted by Gasteiger charge is 2.36. The van der Waals surface area contributed by atoms with E-state index in [0.717, 1.165) is 4.90 Å². The molecule has 0 bridgehead atoms. The lowest BCUT2D eigenvalue weighted by molar-refractivity contribution is -0.135. The van der Waals surface area contributed by atoms with Gasteiger partial charge in [0.2, 0.25) is 0 Å².